The molecular formula is C17H19FO2. The Morgan fingerprint density at radius 3 is 2.35 bits per heavy atom. The van der Waals surface area contributed by atoms with Crippen molar-refractivity contribution in [1.29, 1.82) is 0 Å². The summed E-state index contributed by atoms with van der Waals surface area (Å²) in [7, 11) is 0. The molecule has 0 radical (unpaired) electrons. The molecule has 3 heteroatoms. The van der Waals surface area contributed by atoms with Crippen LogP contribution in [0.3, 0.4) is 0 Å². The lowest BCUT2D eigenvalue weighted by molar-refractivity contribution is 0.195. The Morgan fingerprint density at radius 2 is 1.70 bits per heavy atom. The Bertz CT molecular complexity index is 633. The highest BCUT2D eigenvalue weighted by atomic mass is 19.1. The number of hydrogen-bond acceptors (Lipinski definition) is 2. The first-order valence-corrected chi connectivity index (χ1v) is 6.62. The van der Waals surface area contributed by atoms with Gasteiger partial charge < -0.3 is 9.84 Å². The second kappa shape index (κ2) is 5.63. The molecule has 2 aromatic carbocycles. The van der Waals surface area contributed by atoms with Gasteiger partial charge in [0, 0.05) is 5.56 Å². The molecule has 2 rings (SSSR count). The number of rotatable bonds is 3. The second-order valence-corrected chi connectivity index (χ2v) is 5.11. The quantitative estimate of drug-likeness (QED) is 0.886. The fourth-order valence-corrected chi connectivity index (χ4v) is 2.13. The van der Waals surface area contributed by atoms with Gasteiger partial charge in [0.25, 0.3) is 0 Å². The predicted molar refractivity (Wildman–Crippen MR) is 77.8 cm³/mol. The first-order chi connectivity index (χ1) is 9.40. The highest BCUT2D eigenvalue weighted by Crippen LogP contribution is 2.34. The minimum atomic E-state index is -0.786. The molecule has 0 bridgehead atoms. The third-order valence-electron chi connectivity index (χ3n) is 3.51. The summed E-state index contributed by atoms with van der Waals surface area (Å²) < 4.78 is 19.2. The molecule has 0 aliphatic heterocycles. The molecule has 0 spiro atoms. The molecule has 0 amide bonds. The van der Waals surface area contributed by atoms with Crippen LogP contribution in [0.25, 0.3) is 0 Å². The summed E-state index contributed by atoms with van der Waals surface area (Å²) in [6, 6.07) is 8.22. The van der Waals surface area contributed by atoms with E-state index in [0.717, 1.165) is 22.4 Å². The average molecular weight is 274 g/mol. The third kappa shape index (κ3) is 2.83. The summed E-state index contributed by atoms with van der Waals surface area (Å²) in [6.45, 7) is 7.57. The van der Waals surface area contributed by atoms with Crippen LogP contribution in [0.15, 0.2) is 30.3 Å². The molecule has 1 atom stereocenters. The molecule has 20 heavy (non-hydrogen) atoms. The van der Waals surface area contributed by atoms with Crippen molar-refractivity contribution in [3.05, 3.63) is 58.4 Å². The van der Waals surface area contributed by atoms with Crippen LogP contribution in [-0.4, -0.2) is 5.11 Å². The number of aliphatic hydroxyl groups excluding tert-OH is 1. The first kappa shape index (κ1) is 14.5. The van der Waals surface area contributed by atoms with Crippen molar-refractivity contribution < 1.29 is 14.2 Å². The van der Waals surface area contributed by atoms with E-state index >= 15 is 0 Å². The van der Waals surface area contributed by atoms with E-state index in [0.29, 0.717) is 11.3 Å². The van der Waals surface area contributed by atoms with Crippen LogP contribution in [-0.2, 0) is 0 Å². The average Bonchev–Trinajstić information content (AvgIpc) is 2.40. The van der Waals surface area contributed by atoms with Gasteiger partial charge >= 0.3 is 0 Å². The van der Waals surface area contributed by atoms with Gasteiger partial charge in [0.2, 0.25) is 0 Å². The van der Waals surface area contributed by atoms with Gasteiger partial charge in [-0.25, -0.2) is 4.39 Å². The van der Waals surface area contributed by atoms with Crippen LogP contribution in [0.5, 0.6) is 11.5 Å². The molecule has 2 nitrogen and oxygen atoms in total. The number of benzene rings is 2. The normalized spacial score (nSPS) is 12.3. The molecule has 1 N–H and O–H groups in total. The van der Waals surface area contributed by atoms with Crippen LogP contribution in [0.2, 0.25) is 0 Å². The lowest BCUT2D eigenvalue weighted by atomic mass is 10.0. The van der Waals surface area contributed by atoms with Crippen molar-refractivity contribution in [3.63, 3.8) is 0 Å². The Morgan fingerprint density at radius 1 is 1.05 bits per heavy atom. The zero-order valence-corrected chi connectivity index (χ0v) is 12.2. The smallest absolute Gasteiger partial charge is 0.133 e. The van der Waals surface area contributed by atoms with Gasteiger partial charge in [0.05, 0.1) is 6.10 Å². The highest BCUT2D eigenvalue weighted by molar-refractivity contribution is 5.48. The van der Waals surface area contributed by atoms with Crippen LogP contribution >= 0.6 is 0 Å². The summed E-state index contributed by atoms with van der Waals surface area (Å²) in [6.07, 6.45) is -0.786. The minimum absolute atomic E-state index is 0.383. The molecule has 0 unspecified atom stereocenters. The molecule has 0 fully saturated rings. The number of ether oxygens (including phenoxy) is 1. The van der Waals surface area contributed by atoms with Gasteiger partial charge in [-0.2, -0.15) is 0 Å². The highest BCUT2D eigenvalue weighted by Gasteiger charge is 2.14. The number of hydrogen-bond donors (Lipinski definition) is 1. The van der Waals surface area contributed by atoms with Gasteiger partial charge in [0.15, 0.2) is 0 Å². The Hall–Kier alpha value is -1.87. The summed E-state index contributed by atoms with van der Waals surface area (Å²) in [4.78, 5) is 0. The van der Waals surface area contributed by atoms with E-state index in [4.69, 9.17) is 4.74 Å². The fraction of sp³-hybridized carbons (Fsp3) is 0.294. The molecule has 106 valence electrons. The molecule has 0 aromatic heterocycles. The summed E-state index contributed by atoms with van der Waals surface area (Å²) in [5.74, 6) is 0.864. The molecule has 2 aromatic rings. The van der Waals surface area contributed by atoms with E-state index < -0.39 is 6.10 Å². The largest absolute Gasteiger partial charge is 0.456 e. The Kier molecular flexibility index (Phi) is 4.09. The van der Waals surface area contributed by atoms with Crippen LogP contribution < -0.4 is 4.74 Å². The van der Waals surface area contributed by atoms with E-state index in [-0.39, 0.29) is 5.82 Å². The third-order valence-corrected chi connectivity index (χ3v) is 3.51. The SMILES string of the molecule is Cc1ccc(C)c(Oc2ccc(F)cc2[C@H](C)O)c1C. The van der Waals surface area contributed by atoms with Crippen LogP contribution in [0, 0.1) is 26.6 Å². The lowest BCUT2D eigenvalue weighted by Gasteiger charge is -2.17. The molecule has 0 aliphatic rings. The van der Waals surface area contributed by atoms with Crippen molar-refractivity contribution in [1.82, 2.24) is 0 Å². The van der Waals surface area contributed by atoms with Gasteiger partial charge in [0.1, 0.15) is 17.3 Å². The summed E-state index contributed by atoms with van der Waals surface area (Å²) in [5, 5.41) is 9.75. The zero-order chi connectivity index (χ0) is 14.9. The Labute approximate surface area is 118 Å². The molecular weight excluding hydrogens is 255 g/mol. The van der Waals surface area contributed by atoms with Crippen molar-refractivity contribution >= 4 is 0 Å². The van der Waals surface area contributed by atoms with Gasteiger partial charge in [-0.05, 0) is 62.6 Å². The monoisotopic (exact) mass is 274 g/mol. The first-order valence-electron chi connectivity index (χ1n) is 6.62. The van der Waals surface area contributed by atoms with Crippen molar-refractivity contribution in [3.8, 4) is 11.5 Å². The van der Waals surface area contributed by atoms with Crippen LogP contribution in [0.4, 0.5) is 4.39 Å². The molecule has 0 saturated heterocycles. The number of aliphatic hydroxyl groups is 1. The van der Waals surface area contributed by atoms with E-state index in [2.05, 4.69) is 0 Å². The Balaban J connectivity index is 2.48. The van der Waals surface area contributed by atoms with Gasteiger partial charge in [-0.3, -0.25) is 0 Å². The second-order valence-electron chi connectivity index (χ2n) is 5.11. The van der Waals surface area contributed by atoms with E-state index in [1.807, 2.05) is 32.9 Å². The van der Waals surface area contributed by atoms with E-state index in [9.17, 15) is 9.50 Å². The molecule has 0 saturated carbocycles. The van der Waals surface area contributed by atoms with Crippen molar-refractivity contribution in [2.24, 2.45) is 0 Å². The minimum Gasteiger partial charge on any atom is -0.456 e. The van der Waals surface area contributed by atoms with Gasteiger partial charge in [-0.1, -0.05) is 12.1 Å². The topological polar surface area (TPSA) is 29.5 Å². The zero-order valence-electron chi connectivity index (χ0n) is 12.2. The summed E-state index contributed by atoms with van der Waals surface area (Å²) in [5.41, 5.74) is 3.64. The van der Waals surface area contributed by atoms with Crippen molar-refractivity contribution in [2.45, 2.75) is 33.8 Å². The maximum atomic E-state index is 13.3. The number of aryl methyl sites for hydroxylation is 2. The van der Waals surface area contributed by atoms with Gasteiger partial charge in [-0.15, -0.1) is 0 Å². The maximum absolute atomic E-state index is 13.3. The van der Waals surface area contributed by atoms with Crippen molar-refractivity contribution in [2.75, 3.05) is 0 Å². The van der Waals surface area contributed by atoms with E-state index in [1.54, 1.807) is 13.0 Å². The maximum Gasteiger partial charge on any atom is 0.133 e. The van der Waals surface area contributed by atoms with E-state index in [1.165, 1.54) is 12.1 Å². The molecule has 0 aliphatic carbocycles. The van der Waals surface area contributed by atoms with Crippen LogP contribution in [0.1, 0.15) is 35.3 Å². The molecule has 0 heterocycles. The fourth-order valence-electron chi connectivity index (χ4n) is 2.13. The standard InChI is InChI=1S/C17H19FO2/c1-10-5-6-11(2)17(12(10)3)20-16-8-7-14(18)9-15(16)13(4)19/h5-9,13,19H,1-4H3/t13-/m0/s1. The lowest BCUT2D eigenvalue weighted by Crippen LogP contribution is -2.00. The predicted octanol–water partition coefficient (Wildman–Crippen LogP) is 4.60. The summed E-state index contributed by atoms with van der Waals surface area (Å²) >= 11 is 0. The number of halogens is 1.